The Morgan fingerprint density at radius 3 is 2.31 bits per heavy atom. The van der Waals surface area contributed by atoms with Crippen LogP contribution in [0.2, 0.25) is 10.0 Å². The Morgan fingerprint density at radius 2 is 1.69 bits per heavy atom. The fourth-order valence-corrected chi connectivity index (χ4v) is 3.10. The average molecular weight is 393 g/mol. The lowest BCUT2D eigenvalue weighted by atomic mass is 10.1. The van der Waals surface area contributed by atoms with Gasteiger partial charge in [0, 0.05) is 49.2 Å². The van der Waals surface area contributed by atoms with E-state index in [-0.39, 0.29) is 18.2 Å². The molecule has 0 aliphatic rings. The molecular formula is C20H22Cl2N2O2. The van der Waals surface area contributed by atoms with Gasteiger partial charge in [-0.1, -0.05) is 47.5 Å². The van der Waals surface area contributed by atoms with Crippen LogP contribution in [0.3, 0.4) is 0 Å². The molecule has 2 amide bonds. The third-order valence-electron chi connectivity index (χ3n) is 4.22. The Hall–Kier alpha value is -2.04. The highest BCUT2D eigenvalue weighted by Gasteiger charge is 2.15. The average Bonchev–Trinajstić information content (AvgIpc) is 2.62. The van der Waals surface area contributed by atoms with Gasteiger partial charge in [-0.3, -0.25) is 9.59 Å². The smallest absolute Gasteiger partial charge is 0.228 e. The molecule has 0 saturated heterocycles. The van der Waals surface area contributed by atoms with Gasteiger partial charge in [0.05, 0.1) is 0 Å². The molecule has 0 aliphatic carbocycles. The van der Waals surface area contributed by atoms with Crippen molar-refractivity contribution < 1.29 is 9.59 Å². The van der Waals surface area contributed by atoms with E-state index in [1.165, 1.54) is 6.92 Å². The highest BCUT2D eigenvalue weighted by atomic mass is 35.5. The van der Waals surface area contributed by atoms with E-state index in [9.17, 15) is 9.59 Å². The zero-order valence-electron chi connectivity index (χ0n) is 14.9. The second-order valence-corrected chi connectivity index (χ2v) is 6.87. The lowest BCUT2D eigenvalue weighted by Gasteiger charge is -2.23. The van der Waals surface area contributed by atoms with Gasteiger partial charge in [-0.25, -0.2) is 0 Å². The third kappa shape index (κ3) is 5.75. The molecule has 26 heavy (non-hydrogen) atoms. The van der Waals surface area contributed by atoms with E-state index in [0.29, 0.717) is 29.6 Å². The molecule has 0 radical (unpaired) electrons. The molecule has 138 valence electrons. The van der Waals surface area contributed by atoms with Crippen LogP contribution < -0.4 is 4.90 Å². The molecule has 0 aromatic heterocycles. The molecule has 4 nitrogen and oxygen atoms in total. The third-order valence-corrected chi connectivity index (χ3v) is 4.81. The number of rotatable bonds is 7. The minimum atomic E-state index is -0.0646. The summed E-state index contributed by atoms with van der Waals surface area (Å²) < 4.78 is 0. The van der Waals surface area contributed by atoms with Crippen molar-refractivity contribution >= 4 is 40.7 Å². The standard InChI is InChI=1S/C20H22Cl2N2O2/c1-15(25)24(12-10-16-8-9-17(21)14-19(16)22)13-11-20(26)23(2)18-6-4-3-5-7-18/h3-9,14H,10-13H2,1-2H3. The molecule has 0 spiro atoms. The Kier molecular flexibility index (Phi) is 7.49. The normalized spacial score (nSPS) is 10.5. The first-order valence-electron chi connectivity index (χ1n) is 8.39. The van der Waals surface area contributed by atoms with E-state index in [2.05, 4.69) is 0 Å². The molecule has 2 rings (SSSR count). The van der Waals surface area contributed by atoms with Crippen molar-refractivity contribution in [3.63, 3.8) is 0 Å². The van der Waals surface area contributed by atoms with Gasteiger partial charge in [0.25, 0.3) is 0 Å². The maximum absolute atomic E-state index is 12.4. The number of carbonyl (C=O) groups is 2. The van der Waals surface area contributed by atoms with Gasteiger partial charge >= 0.3 is 0 Å². The molecule has 0 unspecified atom stereocenters. The summed E-state index contributed by atoms with van der Waals surface area (Å²) in [7, 11) is 1.74. The van der Waals surface area contributed by atoms with Crippen LogP contribution in [-0.2, 0) is 16.0 Å². The number of nitrogens with zero attached hydrogens (tertiary/aromatic N) is 2. The maximum atomic E-state index is 12.4. The van der Waals surface area contributed by atoms with E-state index in [0.717, 1.165) is 11.3 Å². The molecule has 0 fully saturated rings. The van der Waals surface area contributed by atoms with Crippen LogP contribution in [0.25, 0.3) is 0 Å². The summed E-state index contributed by atoms with van der Waals surface area (Å²) in [5, 5.41) is 1.16. The van der Waals surface area contributed by atoms with Crippen molar-refractivity contribution in [3.05, 3.63) is 64.1 Å². The number of carbonyl (C=O) groups excluding carboxylic acids is 2. The van der Waals surface area contributed by atoms with Crippen LogP contribution in [-0.4, -0.2) is 36.9 Å². The lowest BCUT2D eigenvalue weighted by Crippen LogP contribution is -2.36. The molecule has 0 N–H and O–H groups in total. The monoisotopic (exact) mass is 392 g/mol. The van der Waals surface area contributed by atoms with Gasteiger partial charge in [-0.15, -0.1) is 0 Å². The second kappa shape index (κ2) is 9.60. The molecule has 2 aromatic rings. The number of para-hydroxylation sites is 1. The van der Waals surface area contributed by atoms with Crippen molar-refractivity contribution in [2.45, 2.75) is 19.8 Å². The molecular weight excluding hydrogens is 371 g/mol. The van der Waals surface area contributed by atoms with Crippen molar-refractivity contribution in [3.8, 4) is 0 Å². The summed E-state index contributed by atoms with van der Waals surface area (Å²) in [5.74, 6) is -0.0998. The van der Waals surface area contributed by atoms with Crippen molar-refractivity contribution in [1.29, 1.82) is 0 Å². The molecule has 0 aliphatic heterocycles. The topological polar surface area (TPSA) is 40.6 Å². The van der Waals surface area contributed by atoms with Gasteiger partial charge in [-0.2, -0.15) is 0 Å². The van der Waals surface area contributed by atoms with E-state index >= 15 is 0 Å². The predicted octanol–water partition coefficient (Wildman–Crippen LogP) is 4.44. The summed E-state index contributed by atoms with van der Waals surface area (Å²) in [4.78, 5) is 27.6. The zero-order valence-corrected chi connectivity index (χ0v) is 16.4. The summed E-state index contributed by atoms with van der Waals surface area (Å²) in [5.41, 5.74) is 1.76. The first-order valence-corrected chi connectivity index (χ1v) is 9.15. The summed E-state index contributed by atoms with van der Waals surface area (Å²) in [6.45, 7) is 2.38. The summed E-state index contributed by atoms with van der Waals surface area (Å²) >= 11 is 12.1. The fraction of sp³-hybridized carbons (Fsp3) is 0.300. The number of hydrogen-bond acceptors (Lipinski definition) is 2. The maximum Gasteiger partial charge on any atom is 0.228 e. The van der Waals surface area contributed by atoms with E-state index in [1.807, 2.05) is 36.4 Å². The number of hydrogen-bond donors (Lipinski definition) is 0. The Bertz CT molecular complexity index is 766. The molecule has 0 heterocycles. The molecule has 2 aromatic carbocycles. The number of halogens is 2. The quantitative estimate of drug-likeness (QED) is 0.698. The minimum absolute atomic E-state index is 0.0352. The Labute approximate surface area is 164 Å². The first-order chi connectivity index (χ1) is 12.4. The van der Waals surface area contributed by atoms with Crippen LogP contribution in [0.15, 0.2) is 48.5 Å². The summed E-state index contributed by atoms with van der Waals surface area (Å²) in [6.07, 6.45) is 0.873. The highest BCUT2D eigenvalue weighted by Crippen LogP contribution is 2.21. The van der Waals surface area contributed by atoms with Crippen LogP contribution >= 0.6 is 23.2 Å². The highest BCUT2D eigenvalue weighted by molar-refractivity contribution is 6.35. The lowest BCUT2D eigenvalue weighted by molar-refractivity contribution is -0.129. The van der Waals surface area contributed by atoms with E-state index in [4.69, 9.17) is 23.2 Å². The van der Waals surface area contributed by atoms with Crippen molar-refractivity contribution in [2.75, 3.05) is 25.0 Å². The van der Waals surface area contributed by atoms with Gasteiger partial charge in [0.1, 0.15) is 0 Å². The van der Waals surface area contributed by atoms with Crippen LogP contribution in [0, 0.1) is 0 Å². The Balaban J connectivity index is 1.91. The van der Waals surface area contributed by atoms with Crippen LogP contribution in [0.4, 0.5) is 5.69 Å². The molecule has 0 atom stereocenters. The number of anilines is 1. The van der Waals surface area contributed by atoms with Crippen LogP contribution in [0.5, 0.6) is 0 Å². The van der Waals surface area contributed by atoms with Crippen molar-refractivity contribution in [2.24, 2.45) is 0 Å². The first kappa shape index (κ1) is 20.3. The van der Waals surface area contributed by atoms with Crippen molar-refractivity contribution in [1.82, 2.24) is 4.90 Å². The van der Waals surface area contributed by atoms with Crippen LogP contribution in [0.1, 0.15) is 18.9 Å². The fourth-order valence-electron chi connectivity index (χ4n) is 2.60. The second-order valence-electron chi connectivity index (χ2n) is 6.03. The van der Waals surface area contributed by atoms with Gasteiger partial charge < -0.3 is 9.80 Å². The SMILES string of the molecule is CC(=O)N(CCC(=O)N(C)c1ccccc1)CCc1ccc(Cl)cc1Cl. The van der Waals surface area contributed by atoms with E-state index < -0.39 is 0 Å². The molecule has 6 heteroatoms. The largest absolute Gasteiger partial charge is 0.342 e. The van der Waals surface area contributed by atoms with Gasteiger partial charge in [-0.05, 0) is 36.2 Å². The number of benzene rings is 2. The molecule has 0 saturated carbocycles. The predicted molar refractivity (Wildman–Crippen MR) is 107 cm³/mol. The van der Waals surface area contributed by atoms with E-state index in [1.54, 1.807) is 29.0 Å². The zero-order chi connectivity index (χ0) is 19.1. The number of amides is 2. The summed E-state index contributed by atoms with van der Waals surface area (Å²) in [6, 6.07) is 14.8. The van der Waals surface area contributed by atoms with Gasteiger partial charge in [0.2, 0.25) is 11.8 Å². The Morgan fingerprint density at radius 1 is 1.00 bits per heavy atom. The minimum Gasteiger partial charge on any atom is -0.342 e. The van der Waals surface area contributed by atoms with Gasteiger partial charge in [0.15, 0.2) is 0 Å². The molecule has 0 bridgehead atoms.